The molecule has 0 bridgehead atoms. The van der Waals surface area contributed by atoms with Crippen LogP contribution in [-0.2, 0) is 16.1 Å². The highest BCUT2D eigenvalue weighted by atomic mass is 16.5. The zero-order valence-electron chi connectivity index (χ0n) is 11.4. The Bertz CT molecular complexity index is 430. The number of hydrogen-bond acceptors (Lipinski definition) is 6. The number of hydrogen-bond donors (Lipinski definition) is 1. The molecule has 1 heterocycles. The van der Waals surface area contributed by atoms with Gasteiger partial charge >= 0.3 is 5.97 Å². The smallest absolute Gasteiger partial charge is 0.378 e. The number of rotatable bonds is 7. The number of carbonyl (C=O) groups is 2. The van der Waals surface area contributed by atoms with Gasteiger partial charge < -0.3 is 10.1 Å². The maximum Gasteiger partial charge on any atom is 0.378 e. The van der Waals surface area contributed by atoms with Crippen LogP contribution in [-0.4, -0.2) is 45.2 Å². The number of amides is 1. The molecule has 1 rings (SSSR count). The fourth-order valence-corrected chi connectivity index (χ4v) is 1.35. The molecule has 1 aromatic rings. The normalized spacial score (nSPS) is 10.5. The van der Waals surface area contributed by atoms with Gasteiger partial charge in [-0.2, -0.15) is 0 Å². The third kappa shape index (κ3) is 5.02. The molecule has 0 aliphatic heterocycles. The highest BCUT2D eigenvalue weighted by molar-refractivity contribution is 5.86. The van der Waals surface area contributed by atoms with E-state index in [-0.39, 0.29) is 24.9 Å². The number of tetrazole rings is 1. The molecule has 0 atom stereocenters. The molecule has 0 aliphatic carbocycles. The largest absolute Gasteiger partial charge is 0.460 e. The molecule has 0 spiro atoms. The van der Waals surface area contributed by atoms with Gasteiger partial charge in [-0.1, -0.05) is 13.8 Å². The summed E-state index contributed by atoms with van der Waals surface area (Å²) in [4.78, 5) is 23.1. The van der Waals surface area contributed by atoms with E-state index < -0.39 is 5.97 Å². The van der Waals surface area contributed by atoms with Crippen LogP contribution in [0.25, 0.3) is 0 Å². The van der Waals surface area contributed by atoms with E-state index in [0.717, 1.165) is 11.1 Å². The molecular formula is C11H19N5O3. The topological polar surface area (TPSA) is 99.0 Å². The minimum Gasteiger partial charge on any atom is -0.460 e. The van der Waals surface area contributed by atoms with Crippen molar-refractivity contribution in [2.24, 2.45) is 5.92 Å². The van der Waals surface area contributed by atoms with Crippen LogP contribution in [0.1, 0.15) is 37.8 Å². The predicted octanol–water partition coefficient (Wildman–Crippen LogP) is 0.0121. The molecule has 0 radical (unpaired) electrons. The van der Waals surface area contributed by atoms with Crippen molar-refractivity contribution >= 4 is 11.9 Å². The summed E-state index contributed by atoms with van der Waals surface area (Å²) in [5.41, 5.74) is 0. The fourth-order valence-electron chi connectivity index (χ4n) is 1.35. The van der Waals surface area contributed by atoms with Crippen molar-refractivity contribution < 1.29 is 14.3 Å². The third-order valence-corrected chi connectivity index (χ3v) is 2.33. The Hall–Kier alpha value is -1.99. The molecule has 19 heavy (non-hydrogen) atoms. The van der Waals surface area contributed by atoms with Gasteiger partial charge in [-0.25, -0.2) is 9.48 Å². The minimum atomic E-state index is -0.637. The average Bonchev–Trinajstić information content (AvgIpc) is 2.76. The Morgan fingerprint density at radius 3 is 2.79 bits per heavy atom. The van der Waals surface area contributed by atoms with E-state index in [0.29, 0.717) is 12.5 Å². The van der Waals surface area contributed by atoms with Gasteiger partial charge in [-0.3, -0.25) is 4.79 Å². The van der Waals surface area contributed by atoms with Gasteiger partial charge in [-0.05, 0) is 29.7 Å². The summed E-state index contributed by atoms with van der Waals surface area (Å²) in [6, 6.07) is 0. The van der Waals surface area contributed by atoms with Gasteiger partial charge in [0.25, 0.3) is 5.82 Å². The number of nitrogens with zero attached hydrogens (tertiary/aromatic N) is 4. The van der Waals surface area contributed by atoms with E-state index in [9.17, 15) is 9.59 Å². The molecule has 0 saturated heterocycles. The van der Waals surface area contributed by atoms with Crippen molar-refractivity contribution in [3.63, 3.8) is 0 Å². The van der Waals surface area contributed by atoms with Crippen LogP contribution in [0.5, 0.6) is 0 Å². The molecule has 1 amide bonds. The summed E-state index contributed by atoms with van der Waals surface area (Å²) in [5.74, 6) is -0.426. The van der Waals surface area contributed by atoms with Crippen LogP contribution < -0.4 is 5.32 Å². The lowest BCUT2D eigenvalue weighted by Gasteiger charge is -2.07. The first-order chi connectivity index (χ1) is 9.04. The summed E-state index contributed by atoms with van der Waals surface area (Å²) in [5, 5.41) is 13.3. The van der Waals surface area contributed by atoms with Gasteiger partial charge in [0.1, 0.15) is 6.54 Å². The van der Waals surface area contributed by atoms with Crippen molar-refractivity contribution in [1.82, 2.24) is 25.5 Å². The molecule has 0 saturated carbocycles. The number of carbonyl (C=O) groups excluding carboxylic acids is 2. The van der Waals surface area contributed by atoms with Gasteiger partial charge in [0.2, 0.25) is 5.91 Å². The molecule has 0 aromatic carbocycles. The van der Waals surface area contributed by atoms with Gasteiger partial charge in [0.05, 0.1) is 6.61 Å². The quantitative estimate of drug-likeness (QED) is 0.700. The fraction of sp³-hybridized carbons (Fsp3) is 0.727. The van der Waals surface area contributed by atoms with Crippen molar-refractivity contribution in [2.45, 2.75) is 33.7 Å². The lowest BCUT2D eigenvalue weighted by atomic mass is 10.1. The molecule has 106 valence electrons. The van der Waals surface area contributed by atoms with Crippen molar-refractivity contribution in [1.29, 1.82) is 0 Å². The SMILES string of the molecule is CCOC(=O)c1nnnn1CC(=O)NCCC(C)C. The Labute approximate surface area is 111 Å². The first-order valence-corrected chi connectivity index (χ1v) is 6.24. The highest BCUT2D eigenvalue weighted by Gasteiger charge is 2.18. The predicted molar refractivity (Wildman–Crippen MR) is 66.2 cm³/mol. The monoisotopic (exact) mass is 269 g/mol. The van der Waals surface area contributed by atoms with Gasteiger partial charge in [0.15, 0.2) is 0 Å². The standard InChI is InChI=1S/C11H19N5O3/c1-4-19-11(18)10-13-14-15-16(10)7-9(17)12-6-5-8(2)3/h8H,4-7H2,1-3H3,(H,12,17). The van der Waals surface area contributed by atoms with Crippen LogP contribution in [0.4, 0.5) is 0 Å². The molecule has 0 fully saturated rings. The second-order valence-corrected chi connectivity index (χ2v) is 4.41. The zero-order chi connectivity index (χ0) is 14.3. The number of aromatic nitrogens is 4. The molecule has 0 unspecified atom stereocenters. The Balaban J connectivity index is 2.50. The lowest BCUT2D eigenvalue weighted by Crippen LogP contribution is -2.30. The zero-order valence-corrected chi connectivity index (χ0v) is 11.4. The van der Waals surface area contributed by atoms with E-state index in [1.54, 1.807) is 6.92 Å². The second-order valence-electron chi connectivity index (χ2n) is 4.41. The minimum absolute atomic E-state index is 0.0686. The van der Waals surface area contributed by atoms with E-state index >= 15 is 0 Å². The van der Waals surface area contributed by atoms with E-state index in [1.165, 1.54) is 0 Å². The van der Waals surface area contributed by atoms with E-state index in [1.807, 2.05) is 0 Å². The van der Waals surface area contributed by atoms with E-state index in [2.05, 4.69) is 34.7 Å². The number of esters is 1. The number of nitrogens with one attached hydrogen (secondary N) is 1. The summed E-state index contributed by atoms with van der Waals surface area (Å²) in [6.07, 6.45) is 0.895. The van der Waals surface area contributed by atoms with Crippen LogP contribution in [0.3, 0.4) is 0 Å². The first kappa shape index (κ1) is 15.1. The number of ether oxygens (including phenoxy) is 1. The highest BCUT2D eigenvalue weighted by Crippen LogP contribution is 1.98. The van der Waals surface area contributed by atoms with Crippen molar-refractivity contribution in [3.8, 4) is 0 Å². The van der Waals surface area contributed by atoms with Gasteiger partial charge in [-0.15, -0.1) is 5.10 Å². The second kappa shape index (κ2) is 7.45. The molecule has 1 aromatic heterocycles. The third-order valence-electron chi connectivity index (χ3n) is 2.33. The van der Waals surface area contributed by atoms with Crippen molar-refractivity contribution in [2.75, 3.05) is 13.2 Å². The average molecular weight is 269 g/mol. The Kier molecular flexibility index (Phi) is 5.91. The maximum atomic E-state index is 11.6. The molecule has 0 aliphatic rings. The van der Waals surface area contributed by atoms with Crippen LogP contribution >= 0.6 is 0 Å². The van der Waals surface area contributed by atoms with Crippen molar-refractivity contribution in [3.05, 3.63) is 5.82 Å². The van der Waals surface area contributed by atoms with Crippen LogP contribution in [0.15, 0.2) is 0 Å². The van der Waals surface area contributed by atoms with E-state index in [4.69, 9.17) is 4.74 Å². The first-order valence-electron chi connectivity index (χ1n) is 6.24. The molecule has 1 N–H and O–H groups in total. The Morgan fingerprint density at radius 2 is 2.16 bits per heavy atom. The summed E-state index contributed by atoms with van der Waals surface area (Å²) in [7, 11) is 0. The lowest BCUT2D eigenvalue weighted by molar-refractivity contribution is -0.121. The Morgan fingerprint density at radius 1 is 1.42 bits per heavy atom. The molecule has 8 nitrogen and oxygen atoms in total. The van der Waals surface area contributed by atoms with Crippen LogP contribution in [0, 0.1) is 5.92 Å². The molecular weight excluding hydrogens is 250 g/mol. The summed E-state index contributed by atoms with van der Waals surface area (Å²) < 4.78 is 5.91. The van der Waals surface area contributed by atoms with Gasteiger partial charge in [0, 0.05) is 6.54 Å². The molecule has 8 heteroatoms. The van der Waals surface area contributed by atoms with Crippen LogP contribution in [0.2, 0.25) is 0 Å². The summed E-state index contributed by atoms with van der Waals surface area (Å²) in [6.45, 7) is 6.56. The summed E-state index contributed by atoms with van der Waals surface area (Å²) >= 11 is 0. The maximum absolute atomic E-state index is 11.6.